The van der Waals surface area contributed by atoms with Crippen molar-refractivity contribution >= 4 is 11.6 Å². The molecule has 1 aliphatic carbocycles. The summed E-state index contributed by atoms with van der Waals surface area (Å²) in [6, 6.07) is 8.37. The van der Waals surface area contributed by atoms with Crippen LogP contribution in [0, 0.1) is 0 Å². The van der Waals surface area contributed by atoms with Gasteiger partial charge in [-0.1, -0.05) is 29.8 Å². The summed E-state index contributed by atoms with van der Waals surface area (Å²) in [6.07, 6.45) is 3.94. The van der Waals surface area contributed by atoms with Crippen molar-refractivity contribution in [3.63, 3.8) is 0 Å². The third kappa shape index (κ3) is 2.76. The smallest absolute Gasteiger partial charge is 0.0735 e. The molecule has 0 spiro atoms. The highest BCUT2D eigenvalue weighted by atomic mass is 35.5. The molecule has 0 bridgehead atoms. The van der Waals surface area contributed by atoms with E-state index in [2.05, 4.69) is 5.32 Å². The van der Waals surface area contributed by atoms with Crippen molar-refractivity contribution in [3.8, 4) is 0 Å². The van der Waals surface area contributed by atoms with Crippen LogP contribution in [0.5, 0.6) is 0 Å². The first-order valence-electron chi connectivity index (χ1n) is 5.83. The Balaban J connectivity index is 1.90. The van der Waals surface area contributed by atoms with E-state index in [4.69, 9.17) is 16.3 Å². The summed E-state index contributed by atoms with van der Waals surface area (Å²) in [6.45, 7) is 0.614. The number of ether oxygens (including phenoxy) is 1. The van der Waals surface area contributed by atoms with E-state index in [1.54, 1.807) is 0 Å². The van der Waals surface area contributed by atoms with Gasteiger partial charge >= 0.3 is 0 Å². The molecule has 1 N–H and O–H groups in total. The molecule has 2 unspecified atom stereocenters. The molecular weight excluding hydrogens is 222 g/mol. The largest absolute Gasteiger partial charge is 0.372 e. The predicted octanol–water partition coefficient (Wildman–Crippen LogP) is 3.00. The molecule has 2 atom stereocenters. The van der Waals surface area contributed by atoms with E-state index in [9.17, 15) is 0 Å². The van der Waals surface area contributed by atoms with Crippen molar-refractivity contribution in [2.75, 3.05) is 7.05 Å². The number of rotatable bonds is 4. The van der Waals surface area contributed by atoms with Crippen molar-refractivity contribution in [1.82, 2.24) is 5.32 Å². The maximum atomic E-state index is 6.08. The lowest BCUT2D eigenvalue weighted by atomic mass is 10.2. The number of nitrogens with one attached hydrogen (secondary N) is 1. The Morgan fingerprint density at radius 2 is 2.19 bits per heavy atom. The molecule has 3 heteroatoms. The van der Waals surface area contributed by atoms with Gasteiger partial charge in [0.25, 0.3) is 0 Å². The summed E-state index contributed by atoms with van der Waals surface area (Å²) >= 11 is 6.08. The van der Waals surface area contributed by atoms with E-state index in [1.165, 1.54) is 12.8 Å². The van der Waals surface area contributed by atoms with Gasteiger partial charge in [-0.3, -0.25) is 0 Å². The molecule has 0 aliphatic heterocycles. The molecule has 1 fully saturated rings. The van der Waals surface area contributed by atoms with Crippen LogP contribution in [-0.4, -0.2) is 19.2 Å². The molecule has 88 valence electrons. The standard InChI is InChI=1S/C13H18ClNO/c1-15-12-7-4-8-13(12)16-9-10-5-2-3-6-11(10)14/h2-3,5-6,12-13,15H,4,7-9H2,1H3. The van der Waals surface area contributed by atoms with E-state index in [0.717, 1.165) is 17.0 Å². The Labute approximate surface area is 102 Å². The van der Waals surface area contributed by atoms with E-state index in [1.807, 2.05) is 31.3 Å². The second-order valence-electron chi connectivity index (χ2n) is 4.27. The number of likely N-dealkylation sites (N-methyl/N-ethyl adjacent to an activating group) is 1. The van der Waals surface area contributed by atoms with Gasteiger partial charge in [-0.05, 0) is 37.9 Å². The van der Waals surface area contributed by atoms with Gasteiger partial charge < -0.3 is 10.1 Å². The lowest BCUT2D eigenvalue weighted by Gasteiger charge is -2.19. The van der Waals surface area contributed by atoms with E-state index in [0.29, 0.717) is 18.8 Å². The summed E-state index contributed by atoms with van der Waals surface area (Å²) in [7, 11) is 2.00. The molecule has 1 aromatic carbocycles. The minimum atomic E-state index is 0.335. The summed E-state index contributed by atoms with van der Waals surface area (Å²) in [5, 5.41) is 4.10. The Kier molecular flexibility index (Phi) is 4.22. The molecular formula is C13H18ClNO. The second-order valence-corrected chi connectivity index (χ2v) is 4.67. The van der Waals surface area contributed by atoms with Gasteiger partial charge in [0, 0.05) is 11.1 Å². The Morgan fingerprint density at radius 1 is 1.38 bits per heavy atom. The average molecular weight is 240 g/mol. The first kappa shape index (κ1) is 11.9. The van der Waals surface area contributed by atoms with Crippen molar-refractivity contribution in [1.29, 1.82) is 0 Å². The number of hydrogen-bond donors (Lipinski definition) is 1. The summed E-state index contributed by atoms with van der Waals surface area (Å²) in [4.78, 5) is 0. The van der Waals surface area contributed by atoms with Gasteiger partial charge in [0.2, 0.25) is 0 Å². The maximum absolute atomic E-state index is 6.08. The quantitative estimate of drug-likeness (QED) is 0.872. The fourth-order valence-corrected chi connectivity index (χ4v) is 2.46. The molecule has 0 saturated heterocycles. The highest BCUT2D eigenvalue weighted by molar-refractivity contribution is 6.31. The Morgan fingerprint density at radius 3 is 2.94 bits per heavy atom. The van der Waals surface area contributed by atoms with Crippen LogP contribution in [0.1, 0.15) is 24.8 Å². The minimum Gasteiger partial charge on any atom is -0.372 e. The molecule has 16 heavy (non-hydrogen) atoms. The van der Waals surface area contributed by atoms with E-state index >= 15 is 0 Å². The van der Waals surface area contributed by atoms with Crippen LogP contribution < -0.4 is 5.32 Å². The topological polar surface area (TPSA) is 21.3 Å². The van der Waals surface area contributed by atoms with Crippen molar-refractivity contribution in [3.05, 3.63) is 34.9 Å². The molecule has 1 aliphatic rings. The number of halogens is 1. The Bertz CT molecular complexity index is 342. The average Bonchev–Trinajstić information content (AvgIpc) is 2.75. The maximum Gasteiger partial charge on any atom is 0.0735 e. The zero-order chi connectivity index (χ0) is 11.4. The third-order valence-corrected chi connectivity index (χ3v) is 3.60. The monoisotopic (exact) mass is 239 g/mol. The van der Waals surface area contributed by atoms with Crippen molar-refractivity contribution in [2.45, 2.75) is 38.0 Å². The molecule has 0 aromatic heterocycles. The summed E-state index contributed by atoms with van der Waals surface area (Å²) in [5.74, 6) is 0. The zero-order valence-corrected chi connectivity index (χ0v) is 10.3. The van der Waals surface area contributed by atoms with Crippen molar-refractivity contribution in [2.24, 2.45) is 0 Å². The van der Waals surface area contributed by atoms with Gasteiger partial charge in [0.05, 0.1) is 12.7 Å². The first-order valence-corrected chi connectivity index (χ1v) is 6.21. The second kappa shape index (κ2) is 5.67. The highest BCUT2D eigenvalue weighted by Gasteiger charge is 2.26. The Hall–Kier alpha value is -0.570. The van der Waals surface area contributed by atoms with Gasteiger partial charge in [0.15, 0.2) is 0 Å². The molecule has 0 amide bonds. The normalized spacial score (nSPS) is 24.9. The number of hydrogen-bond acceptors (Lipinski definition) is 2. The van der Waals surface area contributed by atoms with Gasteiger partial charge in [-0.25, -0.2) is 0 Å². The lowest BCUT2D eigenvalue weighted by molar-refractivity contribution is 0.0296. The van der Waals surface area contributed by atoms with E-state index in [-0.39, 0.29) is 0 Å². The SMILES string of the molecule is CNC1CCCC1OCc1ccccc1Cl. The van der Waals surface area contributed by atoms with Crippen LogP contribution in [-0.2, 0) is 11.3 Å². The molecule has 2 nitrogen and oxygen atoms in total. The zero-order valence-electron chi connectivity index (χ0n) is 9.58. The highest BCUT2D eigenvalue weighted by Crippen LogP contribution is 2.24. The van der Waals surface area contributed by atoms with Crippen molar-refractivity contribution < 1.29 is 4.74 Å². The molecule has 1 saturated carbocycles. The van der Waals surface area contributed by atoms with Crippen LogP contribution in [0.25, 0.3) is 0 Å². The van der Waals surface area contributed by atoms with E-state index < -0.39 is 0 Å². The third-order valence-electron chi connectivity index (χ3n) is 3.23. The molecule has 2 rings (SSSR count). The summed E-state index contributed by atoms with van der Waals surface area (Å²) in [5.41, 5.74) is 1.07. The van der Waals surface area contributed by atoms with Gasteiger partial charge in [-0.15, -0.1) is 0 Å². The van der Waals surface area contributed by atoms with Crippen LogP contribution in [0.2, 0.25) is 5.02 Å². The fourth-order valence-electron chi connectivity index (χ4n) is 2.27. The van der Waals surface area contributed by atoms with Gasteiger partial charge in [-0.2, -0.15) is 0 Å². The first-order chi connectivity index (χ1) is 7.81. The predicted molar refractivity (Wildman–Crippen MR) is 66.7 cm³/mol. The lowest BCUT2D eigenvalue weighted by Crippen LogP contribution is -2.34. The fraction of sp³-hybridized carbons (Fsp3) is 0.538. The van der Waals surface area contributed by atoms with Crippen LogP contribution >= 0.6 is 11.6 Å². The molecule has 0 radical (unpaired) electrons. The van der Waals surface area contributed by atoms with Gasteiger partial charge in [0.1, 0.15) is 0 Å². The number of benzene rings is 1. The summed E-state index contributed by atoms with van der Waals surface area (Å²) < 4.78 is 5.93. The molecule has 0 heterocycles. The molecule has 1 aromatic rings. The minimum absolute atomic E-state index is 0.335. The van der Waals surface area contributed by atoms with Crippen LogP contribution in [0.3, 0.4) is 0 Å². The van der Waals surface area contributed by atoms with Crippen LogP contribution in [0.15, 0.2) is 24.3 Å². The van der Waals surface area contributed by atoms with Crippen LogP contribution in [0.4, 0.5) is 0 Å².